The molecule has 114 valence electrons. The van der Waals surface area contributed by atoms with Gasteiger partial charge in [-0.3, -0.25) is 10.1 Å². The first-order chi connectivity index (χ1) is 9.56. The molecule has 0 aliphatic heterocycles. The number of nitrogens with zero attached hydrogens (tertiary/aromatic N) is 1. The molecule has 1 aromatic carbocycles. The monoisotopic (exact) mass is 322 g/mol. The van der Waals surface area contributed by atoms with Gasteiger partial charge in [0.15, 0.2) is 0 Å². The van der Waals surface area contributed by atoms with Gasteiger partial charge in [0.25, 0.3) is 5.69 Å². The van der Waals surface area contributed by atoms with Gasteiger partial charge in [-0.05, 0) is 19.1 Å². The molecule has 0 spiro atoms. The van der Waals surface area contributed by atoms with Crippen LogP contribution in [-0.4, -0.2) is 20.9 Å². The molecular formula is C12H10ClF3N2O3. The highest BCUT2D eigenvalue weighted by atomic mass is 35.5. The number of aromatic amines is 1. The van der Waals surface area contributed by atoms with E-state index in [2.05, 4.69) is 4.98 Å². The minimum Gasteiger partial charge on any atom is -0.383 e. The molecule has 5 nitrogen and oxygen atoms in total. The van der Waals surface area contributed by atoms with Crippen molar-refractivity contribution in [2.45, 2.75) is 18.7 Å². The summed E-state index contributed by atoms with van der Waals surface area (Å²) in [6.07, 6.45) is -4.85. The van der Waals surface area contributed by atoms with Gasteiger partial charge in [0, 0.05) is 22.7 Å². The minimum absolute atomic E-state index is 0.0355. The molecule has 0 fully saturated rings. The fourth-order valence-electron chi connectivity index (χ4n) is 1.91. The Morgan fingerprint density at radius 2 is 2.00 bits per heavy atom. The van der Waals surface area contributed by atoms with Crippen LogP contribution in [0.3, 0.4) is 0 Å². The number of halogens is 4. The predicted molar refractivity (Wildman–Crippen MR) is 70.2 cm³/mol. The summed E-state index contributed by atoms with van der Waals surface area (Å²) in [6, 6.07) is 2.81. The molecule has 1 aromatic heterocycles. The summed E-state index contributed by atoms with van der Waals surface area (Å²) in [5.41, 5.74) is -3.65. The Kier molecular flexibility index (Phi) is 3.63. The van der Waals surface area contributed by atoms with Crippen molar-refractivity contribution in [1.29, 1.82) is 0 Å². The number of alkyl halides is 4. The molecule has 0 aliphatic rings. The highest BCUT2D eigenvalue weighted by Gasteiger charge is 2.39. The number of nitro benzene ring substituents is 1. The molecule has 0 saturated heterocycles. The highest BCUT2D eigenvalue weighted by Crippen LogP contribution is 2.39. The van der Waals surface area contributed by atoms with Gasteiger partial charge < -0.3 is 10.1 Å². The molecule has 2 rings (SSSR count). The van der Waals surface area contributed by atoms with Crippen molar-refractivity contribution in [3.05, 3.63) is 39.6 Å². The number of fused-ring (bicyclic) bond motifs is 1. The second-order valence-corrected chi connectivity index (χ2v) is 5.07. The van der Waals surface area contributed by atoms with Gasteiger partial charge in [-0.2, -0.15) is 13.2 Å². The Hall–Kier alpha value is -1.80. The first kappa shape index (κ1) is 15.6. The van der Waals surface area contributed by atoms with Gasteiger partial charge in [0.05, 0.1) is 10.8 Å². The van der Waals surface area contributed by atoms with Crippen molar-refractivity contribution < 1.29 is 23.2 Å². The van der Waals surface area contributed by atoms with E-state index < -0.39 is 28.0 Å². The zero-order chi connectivity index (χ0) is 16.0. The van der Waals surface area contributed by atoms with Crippen molar-refractivity contribution >= 4 is 28.2 Å². The van der Waals surface area contributed by atoms with Crippen molar-refractivity contribution in [3.8, 4) is 0 Å². The van der Waals surface area contributed by atoms with Crippen LogP contribution in [0, 0.1) is 10.1 Å². The second kappa shape index (κ2) is 4.88. The molecule has 2 N–H and O–H groups in total. The number of aliphatic hydroxyl groups is 1. The Balaban J connectivity index is 2.72. The van der Waals surface area contributed by atoms with Crippen LogP contribution in [0.2, 0.25) is 0 Å². The first-order valence-corrected chi connectivity index (χ1v) is 6.27. The molecule has 0 aliphatic carbocycles. The van der Waals surface area contributed by atoms with E-state index in [1.165, 1.54) is 13.0 Å². The van der Waals surface area contributed by atoms with Gasteiger partial charge in [-0.1, -0.05) is 0 Å². The molecule has 0 bridgehead atoms. The predicted octanol–water partition coefficient (Wildman–Crippen LogP) is 3.54. The lowest BCUT2D eigenvalue weighted by atomic mass is 10.1. The number of hydrogen-bond donors (Lipinski definition) is 2. The normalized spacial score (nSPS) is 15.1. The SMILES string of the molecule is CC(O)(CCl)c1cc2cc([N+](=O)[O-])c(C(F)(F)F)cc2[nH]1. The van der Waals surface area contributed by atoms with Crippen molar-refractivity contribution in [3.63, 3.8) is 0 Å². The van der Waals surface area contributed by atoms with E-state index in [0.717, 1.165) is 6.07 Å². The maximum Gasteiger partial charge on any atom is 0.423 e. The Labute approximate surface area is 121 Å². The number of H-pyrrole nitrogens is 1. The van der Waals surface area contributed by atoms with Crippen LogP contribution in [0.1, 0.15) is 18.2 Å². The molecular weight excluding hydrogens is 313 g/mol. The van der Waals surface area contributed by atoms with Crippen LogP contribution in [-0.2, 0) is 11.8 Å². The molecule has 0 amide bonds. The zero-order valence-electron chi connectivity index (χ0n) is 10.7. The minimum atomic E-state index is -4.85. The molecule has 0 saturated carbocycles. The molecule has 21 heavy (non-hydrogen) atoms. The number of rotatable bonds is 3. The Morgan fingerprint density at radius 3 is 2.48 bits per heavy atom. The summed E-state index contributed by atoms with van der Waals surface area (Å²) >= 11 is 5.58. The number of hydrogen-bond acceptors (Lipinski definition) is 3. The third-order valence-electron chi connectivity index (χ3n) is 3.08. The van der Waals surface area contributed by atoms with Gasteiger partial charge in [0.2, 0.25) is 0 Å². The van der Waals surface area contributed by atoms with E-state index >= 15 is 0 Å². The van der Waals surface area contributed by atoms with Gasteiger partial charge in [-0.25, -0.2) is 0 Å². The zero-order valence-corrected chi connectivity index (χ0v) is 11.4. The lowest BCUT2D eigenvalue weighted by Crippen LogP contribution is -2.23. The average Bonchev–Trinajstić information content (AvgIpc) is 2.79. The molecule has 1 heterocycles. The van der Waals surface area contributed by atoms with E-state index in [-0.39, 0.29) is 22.5 Å². The second-order valence-electron chi connectivity index (χ2n) is 4.80. The maximum absolute atomic E-state index is 12.9. The fourth-order valence-corrected chi connectivity index (χ4v) is 2.05. The van der Waals surface area contributed by atoms with E-state index in [1.54, 1.807) is 0 Å². The topological polar surface area (TPSA) is 79.2 Å². The standard InChI is InChI=1S/C12H10ClF3N2O3/c1-11(19,5-13)10-3-6-2-9(18(20)21)7(12(14,15)16)4-8(6)17-10/h2-4,17,19H,5H2,1H3. The molecule has 1 atom stereocenters. The first-order valence-electron chi connectivity index (χ1n) is 5.73. The van der Waals surface area contributed by atoms with E-state index in [1.807, 2.05) is 0 Å². The summed E-state index contributed by atoms with van der Waals surface area (Å²) in [5.74, 6) is -0.186. The molecule has 9 heteroatoms. The largest absolute Gasteiger partial charge is 0.423 e. The summed E-state index contributed by atoms with van der Waals surface area (Å²) in [5, 5.41) is 21.0. The summed E-state index contributed by atoms with van der Waals surface area (Å²) in [7, 11) is 0. The Bertz CT molecular complexity index is 710. The Morgan fingerprint density at radius 1 is 1.38 bits per heavy atom. The number of nitrogens with one attached hydrogen (secondary N) is 1. The van der Waals surface area contributed by atoms with E-state index in [4.69, 9.17) is 11.6 Å². The number of aromatic nitrogens is 1. The highest BCUT2D eigenvalue weighted by molar-refractivity contribution is 6.18. The number of nitro groups is 1. The molecule has 0 radical (unpaired) electrons. The van der Waals surface area contributed by atoms with Crippen LogP contribution in [0.5, 0.6) is 0 Å². The smallest absolute Gasteiger partial charge is 0.383 e. The quantitative estimate of drug-likeness (QED) is 0.515. The lowest BCUT2D eigenvalue weighted by Gasteiger charge is -2.17. The van der Waals surface area contributed by atoms with Crippen LogP contribution < -0.4 is 0 Å². The van der Waals surface area contributed by atoms with Crippen molar-refractivity contribution in [2.75, 3.05) is 5.88 Å². The van der Waals surface area contributed by atoms with Crippen molar-refractivity contribution in [1.82, 2.24) is 4.98 Å². The average molecular weight is 323 g/mol. The fraction of sp³-hybridized carbons (Fsp3) is 0.333. The lowest BCUT2D eigenvalue weighted by molar-refractivity contribution is -0.387. The van der Waals surface area contributed by atoms with Crippen LogP contribution in [0.15, 0.2) is 18.2 Å². The third kappa shape index (κ3) is 2.81. The van der Waals surface area contributed by atoms with Crippen LogP contribution in [0.25, 0.3) is 10.9 Å². The molecule has 1 unspecified atom stereocenters. The number of benzene rings is 1. The summed E-state index contributed by atoms with van der Waals surface area (Å²) in [6.45, 7) is 1.38. The summed E-state index contributed by atoms with van der Waals surface area (Å²) < 4.78 is 38.6. The van der Waals surface area contributed by atoms with Crippen LogP contribution in [0.4, 0.5) is 18.9 Å². The van der Waals surface area contributed by atoms with Gasteiger partial charge >= 0.3 is 6.18 Å². The van der Waals surface area contributed by atoms with Crippen molar-refractivity contribution in [2.24, 2.45) is 0 Å². The molecule has 2 aromatic rings. The van der Waals surface area contributed by atoms with E-state index in [9.17, 15) is 28.4 Å². The summed E-state index contributed by atoms with van der Waals surface area (Å²) in [4.78, 5) is 12.3. The van der Waals surface area contributed by atoms with Gasteiger partial charge in [-0.15, -0.1) is 11.6 Å². The van der Waals surface area contributed by atoms with E-state index in [0.29, 0.717) is 6.07 Å². The third-order valence-corrected chi connectivity index (χ3v) is 3.60. The maximum atomic E-state index is 12.9. The van der Waals surface area contributed by atoms with Crippen LogP contribution >= 0.6 is 11.6 Å². The van der Waals surface area contributed by atoms with Gasteiger partial charge in [0.1, 0.15) is 11.2 Å².